The second kappa shape index (κ2) is 5.86. The van der Waals surface area contributed by atoms with E-state index in [2.05, 4.69) is 54.1 Å². The van der Waals surface area contributed by atoms with Crippen molar-refractivity contribution in [2.24, 2.45) is 5.73 Å². The number of aromatic nitrogens is 1. The van der Waals surface area contributed by atoms with Gasteiger partial charge in [0.1, 0.15) is 5.82 Å². The van der Waals surface area contributed by atoms with Crippen molar-refractivity contribution < 1.29 is 0 Å². The zero-order valence-corrected chi connectivity index (χ0v) is 12.8. The fourth-order valence-electron chi connectivity index (χ4n) is 3.12. The number of nitrogens with two attached hydrogens (primary N) is 1. The molecule has 0 fully saturated rings. The lowest BCUT2D eigenvalue weighted by molar-refractivity contribution is 0.641. The van der Waals surface area contributed by atoms with Crippen molar-refractivity contribution in [1.29, 1.82) is 0 Å². The van der Waals surface area contributed by atoms with Gasteiger partial charge in [0.15, 0.2) is 0 Å². The maximum atomic E-state index is 6.16. The van der Waals surface area contributed by atoms with Crippen molar-refractivity contribution in [3.05, 3.63) is 53.7 Å². The number of hydrogen-bond donors (Lipinski definition) is 1. The van der Waals surface area contributed by atoms with E-state index in [1.165, 1.54) is 16.8 Å². The zero-order chi connectivity index (χ0) is 14.8. The number of fused-ring (bicyclic) bond motifs is 1. The first kappa shape index (κ1) is 14.1. The van der Waals surface area contributed by atoms with E-state index in [1.54, 1.807) is 0 Å². The van der Waals surface area contributed by atoms with Gasteiger partial charge < -0.3 is 10.6 Å². The first-order chi connectivity index (χ1) is 10.2. The lowest BCUT2D eigenvalue weighted by atomic mass is 10.0. The lowest BCUT2D eigenvalue weighted by Crippen LogP contribution is -2.28. The standard InChI is InChI=1S/C18H23N3/c1-3-16(19)12-15-8-6-10-20-18(15)21-13(2)11-14-7-4-5-9-17(14)21/h4-10,13,16H,3,11-12,19H2,1-2H3. The summed E-state index contributed by atoms with van der Waals surface area (Å²) in [6.45, 7) is 4.40. The maximum absolute atomic E-state index is 6.16. The van der Waals surface area contributed by atoms with Crippen LogP contribution in [0.1, 0.15) is 31.4 Å². The van der Waals surface area contributed by atoms with Crippen LogP contribution >= 0.6 is 0 Å². The molecule has 0 saturated carbocycles. The van der Waals surface area contributed by atoms with E-state index < -0.39 is 0 Å². The minimum absolute atomic E-state index is 0.195. The third-order valence-electron chi connectivity index (χ3n) is 4.31. The Labute approximate surface area is 126 Å². The Balaban J connectivity index is 2.01. The van der Waals surface area contributed by atoms with E-state index in [0.29, 0.717) is 6.04 Å². The highest BCUT2D eigenvalue weighted by Gasteiger charge is 2.29. The number of pyridine rings is 1. The van der Waals surface area contributed by atoms with Crippen LogP contribution in [-0.2, 0) is 12.8 Å². The summed E-state index contributed by atoms with van der Waals surface area (Å²) in [7, 11) is 0. The van der Waals surface area contributed by atoms with Gasteiger partial charge in [0.2, 0.25) is 0 Å². The Morgan fingerprint density at radius 3 is 2.90 bits per heavy atom. The van der Waals surface area contributed by atoms with Crippen molar-refractivity contribution in [1.82, 2.24) is 4.98 Å². The van der Waals surface area contributed by atoms with Gasteiger partial charge in [0.25, 0.3) is 0 Å². The number of rotatable bonds is 4. The molecule has 0 bridgehead atoms. The van der Waals surface area contributed by atoms with Gasteiger partial charge in [0, 0.05) is 24.0 Å². The smallest absolute Gasteiger partial charge is 0.136 e. The minimum atomic E-state index is 0.195. The molecule has 3 nitrogen and oxygen atoms in total. The van der Waals surface area contributed by atoms with Crippen LogP contribution in [0.4, 0.5) is 11.5 Å². The van der Waals surface area contributed by atoms with Crippen molar-refractivity contribution in [2.45, 2.75) is 45.2 Å². The molecule has 3 heteroatoms. The highest BCUT2D eigenvalue weighted by Crippen LogP contribution is 2.38. The fraction of sp³-hybridized carbons (Fsp3) is 0.389. The van der Waals surface area contributed by atoms with Crippen LogP contribution in [0.3, 0.4) is 0 Å². The van der Waals surface area contributed by atoms with Gasteiger partial charge in [-0.1, -0.05) is 31.2 Å². The molecule has 3 rings (SSSR count). The van der Waals surface area contributed by atoms with E-state index in [9.17, 15) is 0 Å². The van der Waals surface area contributed by atoms with Gasteiger partial charge in [-0.2, -0.15) is 0 Å². The summed E-state index contributed by atoms with van der Waals surface area (Å²) in [5, 5.41) is 0. The van der Waals surface area contributed by atoms with Gasteiger partial charge >= 0.3 is 0 Å². The van der Waals surface area contributed by atoms with Gasteiger partial charge in [-0.15, -0.1) is 0 Å². The van der Waals surface area contributed by atoms with E-state index in [-0.39, 0.29) is 6.04 Å². The van der Waals surface area contributed by atoms with Gasteiger partial charge in [0.05, 0.1) is 0 Å². The second-order valence-electron chi connectivity index (χ2n) is 5.91. The van der Waals surface area contributed by atoms with Crippen LogP contribution in [-0.4, -0.2) is 17.1 Å². The normalized spacial score (nSPS) is 18.6. The Hall–Kier alpha value is -1.87. The summed E-state index contributed by atoms with van der Waals surface area (Å²) in [5.74, 6) is 1.07. The number of benzene rings is 1. The Kier molecular flexibility index (Phi) is 3.93. The first-order valence-corrected chi connectivity index (χ1v) is 7.77. The van der Waals surface area contributed by atoms with Crippen LogP contribution in [0.2, 0.25) is 0 Å². The van der Waals surface area contributed by atoms with E-state index in [1.807, 2.05) is 12.3 Å². The molecule has 1 aliphatic rings. The molecule has 110 valence electrons. The summed E-state index contributed by atoms with van der Waals surface area (Å²) in [4.78, 5) is 7.04. The molecular weight excluding hydrogens is 258 g/mol. The number of para-hydroxylation sites is 1. The molecule has 2 N–H and O–H groups in total. The monoisotopic (exact) mass is 281 g/mol. The summed E-state index contributed by atoms with van der Waals surface area (Å²) < 4.78 is 0. The van der Waals surface area contributed by atoms with Crippen molar-refractivity contribution >= 4 is 11.5 Å². The molecule has 1 aromatic carbocycles. The van der Waals surface area contributed by atoms with Crippen molar-refractivity contribution in [2.75, 3.05) is 4.90 Å². The third kappa shape index (κ3) is 2.66. The molecule has 2 heterocycles. The van der Waals surface area contributed by atoms with Crippen LogP contribution in [0, 0.1) is 0 Å². The molecule has 2 aromatic rings. The molecule has 1 aromatic heterocycles. The molecule has 2 atom stereocenters. The van der Waals surface area contributed by atoms with E-state index in [4.69, 9.17) is 5.73 Å². The first-order valence-electron chi connectivity index (χ1n) is 7.77. The lowest BCUT2D eigenvalue weighted by Gasteiger charge is -2.26. The van der Waals surface area contributed by atoms with Crippen LogP contribution in [0.25, 0.3) is 0 Å². The van der Waals surface area contributed by atoms with Gasteiger partial charge in [-0.3, -0.25) is 0 Å². The number of nitrogens with zero attached hydrogens (tertiary/aromatic N) is 2. The molecule has 2 unspecified atom stereocenters. The Morgan fingerprint density at radius 2 is 2.10 bits per heavy atom. The third-order valence-corrected chi connectivity index (χ3v) is 4.31. The van der Waals surface area contributed by atoms with E-state index in [0.717, 1.165) is 25.1 Å². The molecule has 0 aliphatic carbocycles. The molecule has 0 saturated heterocycles. The van der Waals surface area contributed by atoms with Crippen LogP contribution < -0.4 is 10.6 Å². The molecule has 0 amide bonds. The predicted molar refractivity (Wildman–Crippen MR) is 88.0 cm³/mol. The second-order valence-corrected chi connectivity index (χ2v) is 5.91. The topological polar surface area (TPSA) is 42.1 Å². The summed E-state index contributed by atoms with van der Waals surface area (Å²) in [6.07, 6.45) is 4.82. The number of anilines is 2. The average molecular weight is 281 g/mol. The summed E-state index contributed by atoms with van der Waals surface area (Å²) in [6, 6.07) is 13.4. The summed E-state index contributed by atoms with van der Waals surface area (Å²) in [5.41, 5.74) is 10.1. The quantitative estimate of drug-likeness (QED) is 0.933. The SMILES string of the molecule is CCC(N)Cc1cccnc1N1c2ccccc2CC1C. The minimum Gasteiger partial charge on any atom is -0.327 e. The van der Waals surface area contributed by atoms with Gasteiger partial charge in [-0.05, 0) is 49.4 Å². The average Bonchev–Trinajstić information content (AvgIpc) is 2.83. The molecular formula is C18H23N3. The van der Waals surface area contributed by atoms with E-state index >= 15 is 0 Å². The van der Waals surface area contributed by atoms with Crippen molar-refractivity contribution in [3.63, 3.8) is 0 Å². The predicted octanol–water partition coefficient (Wildman–Crippen LogP) is 3.44. The molecule has 0 radical (unpaired) electrons. The molecule has 1 aliphatic heterocycles. The fourth-order valence-corrected chi connectivity index (χ4v) is 3.12. The molecule has 0 spiro atoms. The zero-order valence-electron chi connectivity index (χ0n) is 12.8. The molecule has 21 heavy (non-hydrogen) atoms. The number of hydrogen-bond acceptors (Lipinski definition) is 3. The van der Waals surface area contributed by atoms with Crippen LogP contribution in [0.5, 0.6) is 0 Å². The summed E-state index contributed by atoms with van der Waals surface area (Å²) >= 11 is 0. The highest BCUT2D eigenvalue weighted by atomic mass is 15.2. The maximum Gasteiger partial charge on any atom is 0.136 e. The van der Waals surface area contributed by atoms with Gasteiger partial charge in [-0.25, -0.2) is 4.98 Å². The van der Waals surface area contributed by atoms with Crippen LogP contribution in [0.15, 0.2) is 42.6 Å². The highest BCUT2D eigenvalue weighted by molar-refractivity contribution is 5.70. The Bertz CT molecular complexity index is 623. The van der Waals surface area contributed by atoms with Crippen molar-refractivity contribution in [3.8, 4) is 0 Å². The Morgan fingerprint density at radius 1 is 1.29 bits per heavy atom. The largest absolute Gasteiger partial charge is 0.327 e.